The van der Waals surface area contributed by atoms with Crippen molar-refractivity contribution in [3.05, 3.63) is 23.7 Å². The normalized spacial score (nSPS) is 20.4. The van der Waals surface area contributed by atoms with E-state index in [1.165, 1.54) is 6.42 Å². The van der Waals surface area contributed by atoms with Gasteiger partial charge in [-0.05, 0) is 44.8 Å². The molecule has 0 amide bonds. The number of piperidine rings is 1. The second kappa shape index (κ2) is 6.73. The standard InChI is InChI=1S/C14H22N2O3/c1-2-18-14(17)12-5-7-19-13(12)10-16-6-3-4-11(8-15)9-16/h5,7,11H,2-4,6,8-10,15H2,1H3. The van der Waals surface area contributed by atoms with Crippen LogP contribution in [-0.2, 0) is 11.3 Å². The fraction of sp³-hybridized carbons (Fsp3) is 0.643. The van der Waals surface area contributed by atoms with Crippen molar-refractivity contribution in [2.45, 2.75) is 26.3 Å². The van der Waals surface area contributed by atoms with Gasteiger partial charge in [0.2, 0.25) is 0 Å². The SMILES string of the molecule is CCOC(=O)c1ccoc1CN1CCCC(CN)C1. The number of nitrogens with two attached hydrogens (primary N) is 1. The Hall–Kier alpha value is -1.33. The Morgan fingerprint density at radius 1 is 1.63 bits per heavy atom. The molecule has 1 fully saturated rings. The van der Waals surface area contributed by atoms with Gasteiger partial charge in [-0.1, -0.05) is 0 Å². The number of furan rings is 1. The summed E-state index contributed by atoms with van der Waals surface area (Å²) in [5, 5.41) is 0. The number of likely N-dealkylation sites (tertiary alicyclic amines) is 1. The Kier molecular flexibility index (Phi) is 4.99. The van der Waals surface area contributed by atoms with E-state index in [1.807, 2.05) is 0 Å². The quantitative estimate of drug-likeness (QED) is 0.820. The van der Waals surface area contributed by atoms with E-state index in [-0.39, 0.29) is 5.97 Å². The number of hydrogen-bond donors (Lipinski definition) is 1. The topological polar surface area (TPSA) is 68.7 Å². The molecule has 2 N–H and O–H groups in total. The Morgan fingerprint density at radius 3 is 3.21 bits per heavy atom. The summed E-state index contributed by atoms with van der Waals surface area (Å²) >= 11 is 0. The zero-order valence-electron chi connectivity index (χ0n) is 11.4. The molecule has 106 valence electrons. The lowest BCUT2D eigenvalue weighted by Gasteiger charge is -2.31. The zero-order chi connectivity index (χ0) is 13.7. The molecule has 1 aromatic heterocycles. The van der Waals surface area contributed by atoms with Gasteiger partial charge in [0, 0.05) is 6.54 Å². The number of nitrogens with zero attached hydrogens (tertiary/aromatic N) is 1. The first-order valence-corrected chi connectivity index (χ1v) is 6.90. The smallest absolute Gasteiger partial charge is 0.341 e. The molecule has 0 aromatic carbocycles. The van der Waals surface area contributed by atoms with Crippen LogP contribution in [0.2, 0.25) is 0 Å². The Labute approximate surface area is 113 Å². The molecular formula is C14H22N2O3. The van der Waals surface area contributed by atoms with E-state index < -0.39 is 0 Å². The van der Waals surface area contributed by atoms with Gasteiger partial charge in [-0.25, -0.2) is 4.79 Å². The largest absolute Gasteiger partial charge is 0.467 e. The molecule has 0 bridgehead atoms. The lowest BCUT2D eigenvalue weighted by molar-refractivity contribution is 0.0521. The third kappa shape index (κ3) is 3.58. The Morgan fingerprint density at radius 2 is 2.47 bits per heavy atom. The molecule has 1 saturated heterocycles. The van der Waals surface area contributed by atoms with Crippen LogP contribution in [0.1, 0.15) is 35.9 Å². The fourth-order valence-electron chi connectivity index (χ4n) is 2.54. The van der Waals surface area contributed by atoms with E-state index in [1.54, 1.807) is 19.3 Å². The molecule has 0 aliphatic carbocycles. The van der Waals surface area contributed by atoms with Gasteiger partial charge in [0.05, 0.1) is 19.4 Å². The minimum Gasteiger partial charge on any atom is -0.467 e. The number of esters is 1. The molecule has 1 aromatic rings. The van der Waals surface area contributed by atoms with Crippen molar-refractivity contribution in [1.29, 1.82) is 0 Å². The molecule has 0 radical (unpaired) electrons. The highest BCUT2D eigenvalue weighted by molar-refractivity contribution is 5.90. The van der Waals surface area contributed by atoms with E-state index in [0.29, 0.717) is 30.4 Å². The highest BCUT2D eigenvalue weighted by atomic mass is 16.5. The molecule has 1 aliphatic rings. The molecule has 5 nitrogen and oxygen atoms in total. The average Bonchev–Trinajstić information content (AvgIpc) is 2.87. The van der Waals surface area contributed by atoms with Crippen LogP contribution in [0.5, 0.6) is 0 Å². The highest BCUT2D eigenvalue weighted by Crippen LogP contribution is 2.20. The van der Waals surface area contributed by atoms with Gasteiger partial charge in [0.15, 0.2) is 0 Å². The third-order valence-electron chi connectivity index (χ3n) is 3.54. The maximum atomic E-state index is 11.8. The second-order valence-corrected chi connectivity index (χ2v) is 4.96. The van der Waals surface area contributed by atoms with Crippen molar-refractivity contribution in [3.63, 3.8) is 0 Å². The zero-order valence-corrected chi connectivity index (χ0v) is 11.4. The first-order valence-electron chi connectivity index (χ1n) is 6.90. The van der Waals surface area contributed by atoms with Gasteiger partial charge in [0.25, 0.3) is 0 Å². The Bertz CT molecular complexity index is 417. The molecule has 19 heavy (non-hydrogen) atoms. The molecule has 1 atom stereocenters. The summed E-state index contributed by atoms with van der Waals surface area (Å²) in [5.41, 5.74) is 6.27. The number of rotatable bonds is 5. The summed E-state index contributed by atoms with van der Waals surface area (Å²) in [6.45, 7) is 5.55. The first kappa shape index (κ1) is 14.1. The molecule has 0 spiro atoms. The average molecular weight is 266 g/mol. The van der Waals surface area contributed by atoms with Gasteiger partial charge >= 0.3 is 5.97 Å². The van der Waals surface area contributed by atoms with Gasteiger partial charge in [-0.3, -0.25) is 4.90 Å². The van der Waals surface area contributed by atoms with Gasteiger partial charge in [0.1, 0.15) is 11.3 Å². The molecule has 2 rings (SSSR count). The van der Waals surface area contributed by atoms with Crippen LogP contribution in [-0.4, -0.2) is 37.1 Å². The maximum Gasteiger partial charge on any atom is 0.341 e. The number of carbonyl (C=O) groups excluding carboxylic acids is 1. The highest BCUT2D eigenvalue weighted by Gasteiger charge is 2.22. The van der Waals surface area contributed by atoms with Crippen molar-refractivity contribution in [2.24, 2.45) is 11.7 Å². The predicted molar refractivity (Wildman–Crippen MR) is 71.7 cm³/mol. The van der Waals surface area contributed by atoms with Gasteiger partial charge < -0.3 is 14.9 Å². The van der Waals surface area contributed by atoms with Crippen molar-refractivity contribution in [3.8, 4) is 0 Å². The van der Waals surface area contributed by atoms with Crippen molar-refractivity contribution >= 4 is 5.97 Å². The summed E-state index contributed by atoms with van der Waals surface area (Å²) in [6, 6.07) is 1.68. The van der Waals surface area contributed by atoms with E-state index in [2.05, 4.69) is 4.90 Å². The van der Waals surface area contributed by atoms with Crippen molar-refractivity contribution in [1.82, 2.24) is 4.90 Å². The van der Waals surface area contributed by atoms with Crippen molar-refractivity contribution < 1.29 is 13.9 Å². The van der Waals surface area contributed by atoms with Crippen LogP contribution < -0.4 is 5.73 Å². The summed E-state index contributed by atoms with van der Waals surface area (Å²) in [5.74, 6) is 0.935. The van der Waals surface area contributed by atoms with E-state index in [4.69, 9.17) is 14.9 Å². The van der Waals surface area contributed by atoms with Crippen LogP contribution >= 0.6 is 0 Å². The second-order valence-electron chi connectivity index (χ2n) is 4.96. The fourth-order valence-corrected chi connectivity index (χ4v) is 2.54. The van der Waals surface area contributed by atoms with Crippen LogP contribution in [0.3, 0.4) is 0 Å². The predicted octanol–water partition coefficient (Wildman–Crippen LogP) is 1.63. The molecular weight excluding hydrogens is 244 g/mol. The maximum absolute atomic E-state index is 11.8. The number of hydrogen-bond acceptors (Lipinski definition) is 5. The van der Waals surface area contributed by atoms with E-state index in [0.717, 1.165) is 26.1 Å². The summed E-state index contributed by atoms with van der Waals surface area (Å²) in [7, 11) is 0. The van der Waals surface area contributed by atoms with E-state index in [9.17, 15) is 4.79 Å². The summed E-state index contributed by atoms with van der Waals surface area (Å²) < 4.78 is 10.5. The molecule has 5 heteroatoms. The molecule has 1 unspecified atom stereocenters. The molecule has 1 aliphatic heterocycles. The molecule has 2 heterocycles. The Balaban J connectivity index is 1.99. The molecule has 0 saturated carbocycles. The van der Waals surface area contributed by atoms with Gasteiger partial charge in [-0.2, -0.15) is 0 Å². The lowest BCUT2D eigenvalue weighted by atomic mass is 9.98. The van der Waals surface area contributed by atoms with Crippen LogP contribution in [0.4, 0.5) is 0 Å². The lowest BCUT2D eigenvalue weighted by Crippen LogP contribution is -2.38. The van der Waals surface area contributed by atoms with Crippen LogP contribution in [0.15, 0.2) is 16.7 Å². The van der Waals surface area contributed by atoms with Crippen LogP contribution in [0, 0.1) is 5.92 Å². The van der Waals surface area contributed by atoms with E-state index >= 15 is 0 Å². The summed E-state index contributed by atoms with van der Waals surface area (Å²) in [6.07, 6.45) is 3.89. The van der Waals surface area contributed by atoms with Gasteiger partial charge in [-0.15, -0.1) is 0 Å². The van der Waals surface area contributed by atoms with Crippen LogP contribution in [0.25, 0.3) is 0 Å². The minimum absolute atomic E-state index is 0.307. The minimum atomic E-state index is -0.307. The summed E-state index contributed by atoms with van der Waals surface area (Å²) in [4.78, 5) is 14.1. The third-order valence-corrected chi connectivity index (χ3v) is 3.54. The first-order chi connectivity index (χ1) is 9.24. The monoisotopic (exact) mass is 266 g/mol. The number of carbonyl (C=O) groups is 1. The number of ether oxygens (including phenoxy) is 1. The van der Waals surface area contributed by atoms with Crippen molar-refractivity contribution in [2.75, 3.05) is 26.2 Å².